The minimum absolute atomic E-state index is 0.189. The zero-order chi connectivity index (χ0) is 15.8. The number of imide groups is 2. The van der Waals surface area contributed by atoms with E-state index in [0.717, 1.165) is 19.8 Å². The highest BCUT2D eigenvalue weighted by molar-refractivity contribution is 6.16. The molecular formula is C13H17F3N2O3. The van der Waals surface area contributed by atoms with Gasteiger partial charge in [-0.3, -0.25) is 19.8 Å². The summed E-state index contributed by atoms with van der Waals surface area (Å²) in [4.78, 5) is 36.5. The van der Waals surface area contributed by atoms with Crippen LogP contribution in [-0.4, -0.2) is 35.0 Å². The minimum atomic E-state index is -4.48. The van der Waals surface area contributed by atoms with Crippen molar-refractivity contribution >= 4 is 17.8 Å². The minimum Gasteiger partial charge on any atom is -0.277 e. The highest BCUT2D eigenvalue weighted by Crippen LogP contribution is 2.35. The number of urea groups is 1. The maximum atomic E-state index is 12.5. The van der Waals surface area contributed by atoms with Crippen LogP contribution in [0.1, 0.15) is 39.0 Å². The SMILES string of the molecule is CC(CC(F)(F)F)N1C(=O)NC(=O)C(C2CCCC2)C1=O. The highest BCUT2D eigenvalue weighted by atomic mass is 19.4. The summed E-state index contributed by atoms with van der Waals surface area (Å²) in [5.74, 6) is -2.72. The molecule has 2 aliphatic rings. The van der Waals surface area contributed by atoms with E-state index < -0.39 is 42.4 Å². The number of hydrogen-bond donors (Lipinski definition) is 1. The molecule has 2 unspecified atom stereocenters. The fraction of sp³-hybridized carbons (Fsp3) is 0.769. The number of barbiturate groups is 1. The number of hydrogen-bond acceptors (Lipinski definition) is 3. The van der Waals surface area contributed by atoms with Gasteiger partial charge in [0.1, 0.15) is 5.92 Å². The molecule has 0 radical (unpaired) electrons. The van der Waals surface area contributed by atoms with Crippen LogP contribution in [0.25, 0.3) is 0 Å². The molecule has 1 heterocycles. The Kier molecular flexibility index (Phi) is 4.25. The molecule has 1 aliphatic heterocycles. The Morgan fingerprint density at radius 1 is 1.24 bits per heavy atom. The monoisotopic (exact) mass is 306 g/mol. The van der Waals surface area contributed by atoms with Gasteiger partial charge < -0.3 is 0 Å². The van der Waals surface area contributed by atoms with Gasteiger partial charge in [-0.25, -0.2) is 4.79 Å². The van der Waals surface area contributed by atoms with E-state index in [-0.39, 0.29) is 5.92 Å². The van der Waals surface area contributed by atoms with E-state index in [9.17, 15) is 27.6 Å². The highest BCUT2D eigenvalue weighted by Gasteiger charge is 2.48. The van der Waals surface area contributed by atoms with E-state index in [1.807, 2.05) is 5.32 Å². The van der Waals surface area contributed by atoms with Gasteiger partial charge in [0.25, 0.3) is 0 Å². The second-order valence-corrected chi connectivity index (χ2v) is 5.69. The summed E-state index contributed by atoms with van der Waals surface area (Å²) in [5, 5.41) is 2.01. The third-order valence-corrected chi connectivity index (χ3v) is 4.07. The smallest absolute Gasteiger partial charge is 0.277 e. The number of alkyl halides is 3. The Bertz CT molecular complexity index is 458. The van der Waals surface area contributed by atoms with Crippen LogP contribution in [0, 0.1) is 11.8 Å². The normalized spacial score (nSPS) is 26.2. The average molecular weight is 306 g/mol. The molecule has 1 saturated carbocycles. The Balaban J connectivity index is 2.18. The first-order valence-electron chi connectivity index (χ1n) is 6.95. The van der Waals surface area contributed by atoms with Gasteiger partial charge in [0.2, 0.25) is 11.8 Å². The molecule has 21 heavy (non-hydrogen) atoms. The van der Waals surface area contributed by atoms with Gasteiger partial charge in [0.15, 0.2) is 0 Å². The molecule has 0 aromatic rings. The molecule has 2 fully saturated rings. The number of carbonyl (C=O) groups is 3. The molecule has 5 nitrogen and oxygen atoms in total. The molecule has 4 amide bonds. The van der Waals surface area contributed by atoms with E-state index in [1.54, 1.807) is 0 Å². The molecule has 0 bridgehead atoms. The van der Waals surface area contributed by atoms with Gasteiger partial charge in [-0.2, -0.15) is 13.2 Å². The maximum Gasteiger partial charge on any atom is 0.391 e. The van der Waals surface area contributed by atoms with Gasteiger partial charge in [0.05, 0.1) is 6.42 Å². The zero-order valence-corrected chi connectivity index (χ0v) is 11.6. The summed E-state index contributed by atoms with van der Waals surface area (Å²) in [6.07, 6.45) is -2.64. The summed E-state index contributed by atoms with van der Waals surface area (Å²) in [5.41, 5.74) is 0. The molecule has 2 rings (SSSR count). The fourth-order valence-corrected chi connectivity index (χ4v) is 3.16. The maximum absolute atomic E-state index is 12.5. The van der Waals surface area contributed by atoms with Crippen LogP contribution in [0.2, 0.25) is 0 Å². The van der Waals surface area contributed by atoms with Crippen molar-refractivity contribution < 1.29 is 27.6 Å². The van der Waals surface area contributed by atoms with Gasteiger partial charge >= 0.3 is 12.2 Å². The Labute approximate surface area is 119 Å². The van der Waals surface area contributed by atoms with Gasteiger partial charge in [-0.15, -0.1) is 0 Å². The largest absolute Gasteiger partial charge is 0.391 e. The number of rotatable bonds is 3. The van der Waals surface area contributed by atoms with Crippen molar-refractivity contribution in [1.29, 1.82) is 0 Å². The van der Waals surface area contributed by atoms with Crippen molar-refractivity contribution in [3.8, 4) is 0 Å². The van der Waals surface area contributed by atoms with Crippen molar-refractivity contribution in [2.75, 3.05) is 0 Å². The van der Waals surface area contributed by atoms with Crippen LogP contribution in [0.4, 0.5) is 18.0 Å². The Hall–Kier alpha value is -1.60. The summed E-state index contributed by atoms with van der Waals surface area (Å²) in [6.45, 7) is 1.16. The van der Waals surface area contributed by atoms with Gasteiger partial charge in [-0.1, -0.05) is 12.8 Å². The van der Waals surface area contributed by atoms with Crippen molar-refractivity contribution in [3.63, 3.8) is 0 Å². The van der Waals surface area contributed by atoms with Crippen molar-refractivity contribution in [3.05, 3.63) is 0 Å². The molecule has 0 spiro atoms. The number of halogens is 3. The van der Waals surface area contributed by atoms with Gasteiger partial charge in [0, 0.05) is 6.04 Å². The number of carbonyl (C=O) groups excluding carboxylic acids is 3. The lowest BCUT2D eigenvalue weighted by molar-refractivity contribution is -0.156. The van der Waals surface area contributed by atoms with Crippen LogP contribution in [0.15, 0.2) is 0 Å². The zero-order valence-electron chi connectivity index (χ0n) is 11.6. The van der Waals surface area contributed by atoms with E-state index in [0.29, 0.717) is 17.7 Å². The van der Waals surface area contributed by atoms with E-state index in [2.05, 4.69) is 0 Å². The lowest BCUT2D eigenvalue weighted by Gasteiger charge is -2.36. The van der Waals surface area contributed by atoms with E-state index in [1.165, 1.54) is 0 Å². The predicted molar refractivity (Wildman–Crippen MR) is 66.0 cm³/mol. The van der Waals surface area contributed by atoms with Gasteiger partial charge in [-0.05, 0) is 25.7 Å². The second-order valence-electron chi connectivity index (χ2n) is 5.69. The molecule has 1 N–H and O–H groups in total. The van der Waals surface area contributed by atoms with Crippen LogP contribution in [0.3, 0.4) is 0 Å². The summed E-state index contributed by atoms with van der Waals surface area (Å²) in [7, 11) is 0. The van der Waals surface area contributed by atoms with E-state index in [4.69, 9.17) is 0 Å². The number of amides is 4. The van der Waals surface area contributed by atoms with Crippen molar-refractivity contribution in [1.82, 2.24) is 10.2 Å². The second kappa shape index (κ2) is 5.65. The summed E-state index contributed by atoms with van der Waals surface area (Å²) in [6, 6.07) is -2.38. The predicted octanol–water partition coefficient (Wildman–Crippen LogP) is 2.21. The molecule has 1 saturated heterocycles. The molecule has 0 aromatic heterocycles. The van der Waals surface area contributed by atoms with Crippen molar-refractivity contribution in [2.45, 2.75) is 51.2 Å². The first kappa shape index (κ1) is 15.8. The van der Waals surface area contributed by atoms with Crippen LogP contribution >= 0.6 is 0 Å². The molecular weight excluding hydrogens is 289 g/mol. The summed E-state index contributed by atoms with van der Waals surface area (Å²) >= 11 is 0. The lowest BCUT2D eigenvalue weighted by atomic mass is 9.87. The third kappa shape index (κ3) is 3.36. The molecule has 1 aliphatic carbocycles. The van der Waals surface area contributed by atoms with Crippen LogP contribution in [-0.2, 0) is 9.59 Å². The molecule has 8 heteroatoms. The van der Waals surface area contributed by atoms with Crippen LogP contribution in [0.5, 0.6) is 0 Å². The molecule has 0 aromatic carbocycles. The van der Waals surface area contributed by atoms with Crippen LogP contribution < -0.4 is 5.32 Å². The Morgan fingerprint density at radius 2 is 1.81 bits per heavy atom. The first-order chi connectivity index (χ1) is 9.70. The van der Waals surface area contributed by atoms with Crippen molar-refractivity contribution in [2.24, 2.45) is 11.8 Å². The third-order valence-electron chi connectivity index (χ3n) is 4.07. The number of nitrogens with zero attached hydrogens (tertiary/aromatic N) is 1. The summed E-state index contributed by atoms with van der Waals surface area (Å²) < 4.78 is 37.4. The van der Waals surface area contributed by atoms with E-state index >= 15 is 0 Å². The average Bonchev–Trinajstić information content (AvgIpc) is 2.78. The quantitative estimate of drug-likeness (QED) is 0.813. The topological polar surface area (TPSA) is 66.5 Å². The molecule has 118 valence electrons. The fourth-order valence-electron chi connectivity index (χ4n) is 3.16. The number of nitrogens with one attached hydrogen (secondary N) is 1. The Morgan fingerprint density at radius 3 is 2.33 bits per heavy atom. The standard InChI is InChI=1S/C13H17F3N2O3/c1-7(6-13(14,15)16)18-11(20)9(8-4-2-3-5-8)10(19)17-12(18)21/h7-9H,2-6H2,1H3,(H,17,19,21). The first-order valence-corrected chi connectivity index (χ1v) is 6.95. The lowest BCUT2D eigenvalue weighted by Crippen LogP contribution is -2.62. The molecule has 2 atom stereocenters.